The molecule has 5 aliphatic carbocycles. The monoisotopic (exact) mass is 504 g/mol. The summed E-state index contributed by atoms with van der Waals surface area (Å²) in [6.07, 6.45) is 11.1. The Kier molecular flexibility index (Phi) is 5.95. The van der Waals surface area contributed by atoms with Crippen LogP contribution in [0.1, 0.15) is 99.3 Å². The molecule has 4 N–H and O–H groups in total. The predicted molar refractivity (Wildman–Crippen MR) is 137 cm³/mol. The van der Waals surface area contributed by atoms with Crippen LogP contribution >= 0.6 is 0 Å². The van der Waals surface area contributed by atoms with Crippen LogP contribution in [0.5, 0.6) is 0 Å². The first-order chi connectivity index (χ1) is 16.7. The van der Waals surface area contributed by atoms with E-state index in [1.807, 2.05) is 19.9 Å². The fraction of sp³-hybridized carbons (Fsp3) is 0.900. The predicted octanol–water partition coefficient (Wildman–Crippen LogP) is 5.67. The Morgan fingerprint density at radius 2 is 1.75 bits per heavy atom. The number of carbonyl (C=O) groups is 1. The zero-order chi connectivity index (χ0) is 26.5. The van der Waals surface area contributed by atoms with E-state index in [0.29, 0.717) is 24.7 Å². The molecule has 6 nitrogen and oxygen atoms in total. The molecule has 0 bridgehead atoms. The van der Waals surface area contributed by atoms with Gasteiger partial charge in [-0.2, -0.15) is 0 Å². The van der Waals surface area contributed by atoms with E-state index < -0.39 is 29.2 Å². The van der Waals surface area contributed by atoms with Crippen molar-refractivity contribution < 1.29 is 30.3 Å². The van der Waals surface area contributed by atoms with Crippen LogP contribution in [0.4, 0.5) is 0 Å². The van der Waals surface area contributed by atoms with Crippen molar-refractivity contribution in [3.05, 3.63) is 12.2 Å². The number of allylic oxidation sites excluding steroid dienone is 1. The average molecular weight is 505 g/mol. The summed E-state index contributed by atoms with van der Waals surface area (Å²) in [5, 5.41) is 42.0. The topological polar surface area (TPSA) is 107 Å². The second-order valence-corrected chi connectivity index (χ2v) is 14.8. The molecule has 0 aromatic heterocycles. The molecule has 2 spiro atoms. The van der Waals surface area contributed by atoms with Crippen LogP contribution in [0.2, 0.25) is 0 Å². The van der Waals surface area contributed by atoms with Gasteiger partial charge < -0.3 is 15.3 Å². The molecular weight excluding hydrogens is 456 g/mol. The fourth-order valence-corrected chi connectivity index (χ4v) is 11.1. The van der Waals surface area contributed by atoms with Crippen LogP contribution in [0.15, 0.2) is 12.2 Å². The van der Waals surface area contributed by atoms with E-state index >= 15 is 0 Å². The number of carboxylic acids is 1. The first-order valence-electron chi connectivity index (χ1n) is 14.2. The minimum absolute atomic E-state index is 0.0148. The molecule has 5 fully saturated rings. The van der Waals surface area contributed by atoms with Crippen molar-refractivity contribution in [3.8, 4) is 0 Å². The van der Waals surface area contributed by atoms with Crippen molar-refractivity contribution in [2.45, 2.75) is 117 Å². The van der Waals surface area contributed by atoms with Crippen LogP contribution in [0.3, 0.4) is 0 Å². The second kappa shape index (κ2) is 8.03. The van der Waals surface area contributed by atoms with Crippen LogP contribution in [-0.2, 0) is 9.68 Å². The maximum absolute atomic E-state index is 12.5. The van der Waals surface area contributed by atoms with Gasteiger partial charge in [0.2, 0.25) is 0 Å². The van der Waals surface area contributed by atoms with Gasteiger partial charge in [0.05, 0.1) is 17.6 Å². The zero-order valence-electron chi connectivity index (χ0n) is 23.1. The molecule has 11 atom stereocenters. The Labute approximate surface area is 216 Å². The lowest BCUT2D eigenvalue weighted by atomic mass is 9.41. The SMILES string of the molecule is C[C@@H](C/C=C/C(C)(C)OO)[C@@H]1CC[C@]2(C)[C@H]3[C@H](O)C[C@@H]4[C@@](C)(C(=O)O)[C@H](O)CC[C@]45CC35CC[C@@]12C. The summed E-state index contributed by atoms with van der Waals surface area (Å²) in [6.45, 7) is 12.7. The molecule has 0 saturated heterocycles. The van der Waals surface area contributed by atoms with Gasteiger partial charge in [0.1, 0.15) is 5.60 Å². The van der Waals surface area contributed by atoms with E-state index in [-0.39, 0.29) is 33.5 Å². The number of aliphatic carboxylic acids is 1. The minimum Gasteiger partial charge on any atom is -0.481 e. The molecule has 1 unspecified atom stereocenters. The highest BCUT2D eigenvalue weighted by Crippen LogP contribution is 2.89. The molecule has 5 rings (SSSR count). The van der Waals surface area contributed by atoms with Crippen LogP contribution in [0, 0.1) is 50.7 Å². The molecule has 0 aromatic rings. The number of carboxylic acid groups (broad SMARTS) is 1. The second-order valence-electron chi connectivity index (χ2n) is 14.8. The van der Waals surface area contributed by atoms with Crippen molar-refractivity contribution in [2.75, 3.05) is 0 Å². The maximum Gasteiger partial charge on any atom is 0.312 e. The van der Waals surface area contributed by atoms with Crippen molar-refractivity contribution in [2.24, 2.45) is 50.7 Å². The summed E-state index contributed by atoms with van der Waals surface area (Å²) in [5.41, 5.74) is -1.75. The highest BCUT2D eigenvalue weighted by atomic mass is 17.1. The summed E-state index contributed by atoms with van der Waals surface area (Å²) < 4.78 is 0. The molecule has 0 aliphatic heterocycles. The third kappa shape index (κ3) is 3.14. The molecular formula is C30H48O6. The number of aliphatic hydroxyl groups excluding tert-OH is 2. The quantitative estimate of drug-likeness (QED) is 0.211. The third-order valence-corrected chi connectivity index (χ3v) is 13.2. The van der Waals surface area contributed by atoms with Gasteiger partial charge >= 0.3 is 5.97 Å². The van der Waals surface area contributed by atoms with E-state index in [0.717, 1.165) is 44.9 Å². The molecule has 36 heavy (non-hydrogen) atoms. The molecule has 0 heterocycles. The highest BCUT2D eigenvalue weighted by molar-refractivity contribution is 5.76. The van der Waals surface area contributed by atoms with E-state index in [2.05, 4.69) is 31.7 Å². The number of hydrogen-bond donors (Lipinski definition) is 4. The molecule has 0 radical (unpaired) electrons. The van der Waals surface area contributed by atoms with Gasteiger partial charge in [-0.05, 0) is 124 Å². The molecule has 5 saturated carbocycles. The van der Waals surface area contributed by atoms with Crippen molar-refractivity contribution in [3.63, 3.8) is 0 Å². The average Bonchev–Trinajstić information content (AvgIpc) is 3.37. The van der Waals surface area contributed by atoms with Crippen molar-refractivity contribution >= 4 is 5.97 Å². The van der Waals surface area contributed by atoms with E-state index in [1.165, 1.54) is 0 Å². The Bertz CT molecular complexity index is 946. The van der Waals surface area contributed by atoms with E-state index in [1.54, 1.807) is 6.92 Å². The van der Waals surface area contributed by atoms with Gasteiger partial charge in [-0.1, -0.05) is 32.9 Å². The number of aliphatic hydroxyl groups is 2. The summed E-state index contributed by atoms with van der Waals surface area (Å²) in [7, 11) is 0. The van der Waals surface area contributed by atoms with Gasteiger partial charge in [0, 0.05) is 0 Å². The summed E-state index contributed by atoms with van der Waals surface area (Å²) in [5.74, 6) is 0.168. The number of fused-ring (bicyclic) bond motifs is 2. The number of rotatable bonds is 6. The summed E-state index contributed by atoms with van der Waals surface area (Å²) >= 11 is 0. The van der Waals surface area contributed by atoms with Gasteiger partial charge in [-0.3, -0.25) is 10.1 Å². The van der Waals surface area contributed by atoms with Crippen LogP contribution in [0.25, 0.3) is 0 Å². The largest absolute Gasteiger partial charge is 0.481 e. The van der Waals surface area contributed by atoms with Gasteiger partial charge in [0.25, 0.3) is 0 Å². The van der Waals surface area contributed by atoms with E-state index in [9.17, 15) is 20.1 Å². The first kappa shape index (κ1) is 26.6. The van der Waals surface area contributed by atoms with E-state index in [4.69, 9.17) is 5.26 Å². The maximum atomic E-state index is 12.5. The lowest BCUT2D eigenvalue weighted by Gasteiger charge is -2.64. The fourth-order valence-electron chi connectivity index (χ4n) is 11.1. The lowest BCUT2D eigenvalue weighted by Crippen LogP contribution is -2.63. The normalized spacial score (nSPS) is 52.8. The lowest BCUT2D eigenvalue weighted by molar-refractivity contribution is -0.297. The third-order valence-electron chi connectivity index (χ3n) is 13.2. The van der Waals surface area contributed by atoms with Gasteiger partial charge in [0.15, 0.2) is 0 Å². The first-order valence-corrected chi connectivity index (χ1v) is 14.2. The minimum atomic E-state index is -1.18. The zero-order valence-corrected chi connectivity index (χ0v) is 23.1. The summed E-state index contributed by atoms with van der Waals surface area (Å²) in [6, 6.07) is 0. The Morgan fingerprint density at radius 1 is 1.06 bits per heavy atom. The highest BCUT2D eigenvalue weighted by Gasteiger charge is 2.84. The molecule has 0 aromatic carbocycles. The van der Waals surface area contributed by atoms with Crippen molar-refractivity contribution in [1.29, 1.82) is 0 Å². The van der Waals surface area contributed by atoms with Gasteiger partial charge in [-0.15, -0.1) is 0 Å². The van der Waals surface area contributed by atoms with Gasteiger partial charge in [-0.25, -0.2) is 4.89 Å². The molecule has 0 amide bonds. The Hall–Kier alpha value is -0.950. The molecule has 6 heteroatoms. The smallest absolute Gasteiger partial charge is 0.312 e. The Morgan fingerprint density at radius 3 is 2.39 bits per heavy atom. The van der Waals surface area contributed by atoms with Crippen LogP contribution < -0.4 is 0 Å². The summed E-state index contributed by atoms with van der Waals surface area (Å²) in [4.78, 5) is 17.0. The number of hydrogen-bond acceptors (Lipinski definition) is 5. The molecule has 204 valence electrons. The van der Waals surface area contributed by atoms with Crippen molar-refractivity contribution in [1.82, 2.24) is 0 Å². The Balaban J connectivity index is 1.43. The standard InChI is InChI=1S/C30H48O6/c1-18(8-7-11-25(2,3)36-35)19-9-12-27(5)23-20(31)16-21-28(6,24(33)34)22(32)10-13-29(21)17-30(23,29)15-14-26(19,27)4/h7,11,18-23,31-32,35H,8-10,12-17H2,1-6H3,(H,33,34)/b11-7+/t18-,19-,20+,21+,22+,23+,26-,27+,28+,29-,30?/m0/s1. The molecule has 5 aliphatic rings. The van der Waals surface area contributed by atoms with Crippen LogP contribution in [-0.4, -0.2) is 44.4 Å².